The van der Waals surface area contributed by atoms with Crippen molar-refractivity contribution in [3.05, 3.63) is 24.8 Å². The number of amides is 2. The third-order valence-electron chi connectivity index (χ3n) is 1.88. The van der Waals surface area contributed by atoms with Gasteiger partial charge in [0.2, 0.25) is 5.91 Å². The topological polar surface area (TPSA) is 46.2 Å². The van der Waals surface area contributed by atoms with E-state index < -0.39 is 0 Å². The molecule has 78 valence electrons. The average Bonchev–Trinajstić information content (AvgIpc) is 2.59. The van der Waals surface area contributed by atoms with E-state index in [0.717, 1.165) is 13.1 Å². The zero-order valence-electron chi connectivity index (χ0n) is 7.34. The van der Waals surface area contributed by atoms with Gasteiger partial charge in [0, 0.05) is 14.9 Å². The van der Waals surface area contributed by atoms with Crippen LogP contribution in [0.2, 0.25) is 0 Å². The highest BCUT2D eigenvalue weighted by atomic mass is 79.9. The summed E-state index contributed by atoms with van der Waals surface area (Å²) < 4.78 is 1.92. The Labute approximate surface area is 107 Å². The van der Waals surface area contributed by atoms with Crippen LogP contribution in [-0.2, 0) is 9.59 Å². The van der Waals surface area contributed by atoms with Crippen LogP contribution in [0.1, 0.15) is 11.3 Å². The molecule has 2 rings (SSSR count). The molecule has 0 spiro atoms. The molecule has 3 nitrogen and oxygen atoms in total. The average molecular weight is 351 g/mol. The molecule has 1 aromatic heterocycles. The summed E-state index contributed by atoms with van der Waals surface area (Å²) in [6.07, 6.45) is 1.91. The summed E-state index contributed by atoms with van der Waals surface area (Å²) in [7, 11) is 0. The van der Waals surface area contributed by atoms with Gasteiger partial charge in [0.25, 0.3) is 5.91 Å². The largest absolute Gasteiger partial charge is 0.292 e. The first-order valence-electron chi connectivity index (χ1n) is 4.06. The molecule has 0 aromatic carbocycles. The SMILES string of the molecule is O=C1C/C(=C/c2cc(Br)c(Br)s2)C(=O)N1. The van der Waals surface area contributed by atoms with Crippen LogP contribution >= 0.6 is 43.2 Å². The molecule has 1 fully saturated rings. The Morgan fingerprint density at radius 2 is 2.13 bits per heavy atom. The van der Waals surface area contributed by atoms with E-state index in [0.29, 0.717) is 5.57 Å². The van der Waals surface area contributed by atoms with Crippen molar-refractivity contribution in [2.45, 2.75) is 6.42 Å². The smallest absolute Gasteiger partial charge is 0.254 e. The van der Waals surface area contributed by atoms with Crippen LogP contribution in [-0.4, -0.2) is 11.8 Å². The Morgan fingerprint density at radius 3 is 2.60 bits per heavy atom. The zero-order chi connectivity index (χ0) is 11.0. The molecule has 1 N–H and O–H groups in total. The van der Waals surface area contributed by atoms with Crippen molar-refractivity contribution >= 4 is 61.1 Å². The number of nitrogens with one attached hydrogen (secondary N) is 1. The predicted octanol–water partition coefficient (Wildman–Crippen LogP) is 2.70. The van der Waals surface area contributed by atoms with Crippen LogP contribution in [0.3, 0.4) is 0 Å². The first-order valence-corrected chi connectivity index (χ1v) is 6.46. The fraction of sp³-hybridized carbons (Fsp3) is 0.111. The monoisotopic (exact) mass is 349 g/mol. The number of hydrogen-bond acceptors (Lipinski definition) is 3. The molecular formula is C9H5Br2NO2S. The Kier molecular flexibility index (Phi) is 3.08. The van der Waals surface area contributed by atoms with Crippen LogP contribution < -0.4 is 5.32 Å². The van der Waals surface area contributed by atoms with Gasteiger partial charge in [-0.3, -0.25) is 14.9 Å². The van der Waals surface area contributed by atoms with E-state index in [4.69, 9.17) is 0 Å². The Bertz CT molecular complexity index is 459. The predicted molar refractivity (Wildman–Crippen MR) is 65.5 cm³/mol. The van der Waals surface area contributed by atoms with E-state index >= 15 is 0 Å². The van der Waals surface area contributed by atoms with Gasteiger partial charge in [-0.2, -0.15) is 0 Å². The first kappa shape index (κ1) is 11.0. The number of hydrogen-bond donors (Lipinski definition) is 1. The quantitative estimate of drug-likeness (QED) is 0.625. The standard InChI is InChI=1S/C9H5Br2NO2S/c10-6-3-5(15-8(6)11)1-4-2-7(13)12-9(4)14/h1,3H,2H2,(H,12,13,14)/b4-1-. The van der Waals surface area contributed by atoms with Crippen LogP contribution in [0, 0.1) is 0 Å². The van der Waals surface area contributed by atoms with Crippen LogP contribution in [0.5, 0.6) is 0 Å². The van der Waals surface area contributed by atoms with Crippen molar-refractivity contribution in [3.8, 4) is 0 Å². The highest BCUT2D eigenvalue weighted by Crippen LogP contribution is 2.33. The second kappa shape index (κ2) is 4.19. The fourth-order valence-electron chi connectivity index (χ4n) is 1.23. The molecule has 0 aliphatic carbocycles. The highest BCUT2D eigenvalue weighted by Gasteiger charge is 2.23. The minimum absolute atomic E-state index is 0.173. The van der Waals surface area contributed by atoms with Gasteiger partial charge < -0.3 is 0 Å². The summed E-state index contributed by atoms with van der Waals surface area (Å²) in [5.74, 6) is -0.526. The molecule has 0 bridgehead atoms. The maximum atomic E-state index is 11.3. The molecule has 0 unspecified atom stereocenters. The van der Waals surface area contributed by atoms with Gasteiger partial charge in [-0.15, -0.1) is 11.3 Å². The van der Waals surface area contributed by atoms with Crippen molar-refractivity contribution in [1.29, 1.82) is 0 Å². The van der Waals surface area contributed by atoms with Gasteiger partial charge in [-0.05, 0) is 44.0 Å². The van der Waals surface area contributed by atoms with E-state index in [-0.39, 0.29) is 18.2 Å². The van der Waals surface area contributed by atoms with Gasteiger partial charge in [0.1, 0.15) is 0 Å². The second-order valence-corrected chi connectivity index (χ2v) is 6.25. The zero-order valence-corrected chi connectivity index (χ0v) is 11.3. The minimum Gasteiger partial charge on any atom is -0.292 e. The second-order valence-electron chi connectivity index (χ2n) is 2.99. The van der Waals surface area contributed by atoms with Crippen LogP contribution in [0.4, 0.5) is 0 Å². The van der Waals surface area contributed by atoms with E-state index in [1.54, 1.807) is 6.08 Å². The van der Waals surface area contributed by atoms with Gasteiger partial charge in [-0.1, -0.05) is 0 Å². The highest BCUT2D eigenvalue weighted by molar-refractivity contribution is 9.13. The van der Waals surface area contributed by atoms with Crippen molar-refractivity contribution < 1.29 is 9.59 Å². The Balaban J connectivity index is 2.30. The van der Waals surface area contributed by atoms with E-state index in [2.05, 4.69) is 37.2 Å². The molecule has 0 radical (unpaired) electrons. The van der Waals surface area contributed by atoms with Crippen molar-refractivity contribution in [2.24, 2.45) is 0 Å². The summed E-state index contributed by atoms with van der Waals surface area (Å²) in [5, 5.41) is 2.24. The number of carbonyl (C=O) groups is 2. The Hall–Kier alpha value is -0.460. The molecule has 1 aliphatic heterocycles. The van der Waals surface area contributed by atoms with Gasteiger partial charge >= 0.3 is 0 Å². The molecule has 2 amide bonds. The molecule has 0 atom stereocenters. The molecule has 1 aliphatic rings. The molecule has 15 heavy (non-hydrogen) atoms. The number of thiophene rings is 1. The molecule has 1 aromatic rings. The third-order valence-corrected chi connectivity index (χ3v) is 5.08. The van der Waals surface area contributed by atoms with Crippen molar-refractivity contribution in [3.63, 3.8) is 0 Å². The van der Waals surface area contributed by atoms with Crippen molar-refractivity contribution in [1.82, 2.24) is 5.32 Å². The van der Waals surface area contributed by atoms with Gasteiger partial charge in [0.15, 0.2) is 0 Å². The van der Waals surface area contributed by atoms with E-state index in [1.165, 1.54) is 11.3 Å². The van der Waals surface area contributed by atoms with Gasteiger partial charge in [0.05, 0.1) is 10.2 Å². The lowest BCUT2D eigenvalue weighted by molar-refractivity contribution is -0.124. The summed E-state index contributed by atoms with van der Waals surface area (Å²) in [4.78, 5) is 23.1. The lowest BCUT2D eigenvalue weighted by Gasteiger charge is -1.88. The minimum atomic E-state index is -0.291. The lowest BCUT2D eigenvalue weighted by Crippen LogP contribution is -2.19. The maximum Gasteiger partial charge on any atom is 0.254 e. The molecule has 1 saturated heterocycles. The molecule has 2 heterocycles. The number of halogens is 2. The van der Waals surface area contributed by atoms with Gasteiger partial charge in [-0.25, -0.2) is 0 Å². The normalized spacial score (nSPS) is 18.7. The number of rotatable bonds is 1. The van der Waals surface area contributed by atoms with Crippen LogP contribution in [0.15, 0.2) is 19.9 Å². The van der Waals surface area contributed by atoms with E-state index in [1.807, 2.05) is 6.07 Å². The summed E-state index contributed by atoms with van der Waals surface area (Å²) in [5.41, 5.74) is 0.515. The summed E-state index contributed by atoms with van der Waals surface area (Å²) >= 11 is 8.23. The molecule has 6 heteroatoms. The lowest BCUT2D eigenvalue weighted by atomic mass is 10.2. The van der Waals surface area contributed by atoms with Crippen LogP contribution in [0.25, 0.3) is 6.08 Å². The first-order chi connectivity index (χ1) is 7.06. The summed E-state index contributed by atoms with van der Waals surface area (Å²) in [6.45, 7) is 0. The Morgan fingerprint density at radius 1 is 1.40 bits per heavy atom. The number of imide groups is 1. The summed E-state index contributed by atoms with van der Waals surface area (Å²) in [6, 6.07) is 1.90. The van der Waals surface area contributed by atoms with Crippen molar-refractivity contribution in [2.75, 3.05) is 0 Å². The third kappa shape index (κ3) is 2.38. The molecular weight excluding hydrogens is 346 g/mol. The fourth-order valence-corrected chi connectivity index (χ4v) is 3.28. The number of carbonyl (C=O) groups excluding carboxylic acids is 2. The molecule has 0 saturated carbocycles. The van der Waals surface area contributed by atoms with E-state index in [9.17, 15) is 9.59 Å². The maximum absolute atomic E-state index is 11.3.